The number of hydrogen-bond acceptors (Lipinski definition) is 6. The number of nitrogens with one attached hydrogen (secondary N) is 2. The van der Waals surface area contributed by atoms with Crippen LogP contribution in [0.2, 0.25) is 5.02 Å². The molecule has 3 aromatic carbocycles. The Hall–Kier alpha value is -3.44. The largest absolute Gasteiger partial charge is 0.489 e. The fourth-order valence-electron chi connectivity index (χ4n) is 3.72. The molecule has 1 saturated heterocycles. The minimum absolute atomic E-state index is 0.0207. The predicted molar refractivity (Wildman–Crippen MR) is 133 cm³/mol. The van der Waals surface area contributed by atoms with Gasteiger partial charge in [0, 0.05) is 11.6 Å². The number of hydrogen-bond donors (Lipinski definition) is 3. The van der Waals surface area contributed by atoms with Gasteiger partial charge in [0.05, 0.1) is 0 Å². The molecule has 0 aliphatic carbocycles. The highest BCUT2D eigenvalue weighted by molar-refractivity contribution is 7.88. The van der Waals surface area contributed by atoms with Gasteiger partial charge in [0.25, 0.3) is 5.91 Å². The van der Waals surface area contributed by atoms with Gasteiger partial charge in [-0.25, -0.2) is 4.72 Å². The minimum atomic E-state index is -4.14. The summed E-state index contributed by atoms with van der Waals surface area (Å²) in [6.07, 6.45) is -1.37. The van der Waals surface area contributed by atoms with Gasteiger partial charge in [-0.1, -0.05) is 66.2 Å². The Morgan fingerprint density at radius 3 is 2.28 bits per heavy atom. The third kappa shape index (κ3) is 6.41. The van der Waals surface area contributed by atoms with E-state index in [2.05, 4.69) is 5.32 Å². The number of carbonyl (C=O) groups is 2. The molecule has 9 nitrogen and oxygen atoms in total. The number of ether oxygens (including phenoxy) is 1. The summed E-state index contributed by atoms with van der Waals surface area (Å²) in [5, 5.41) is 13.0. The minimum Gasteiger partial charge on any atom is -0.489 e. The van der Waals surface area contributed by atoms with Crippen LogP contribution < -0.4 is 14.8 Å². The molecule has 0 spiro atoms. The molecule has 0 radical (unpaired) electrons. The lowest BCUT2D eigenvalue weighted by Crippen LogP contribution is -2.53. The highest BCUT2D eigenvalue weighted by Crippen LogP contribution is 2.20. The summed E-state index contributed by atoms with van der Waals surface area (Å²) in [4.78, 5) is 24.5. The quantitative estimate of drug-likeness (QED) is 0.369. The number of carboxylic acids is 1. The van der Waals surface area contributed by atoms with Crippen LogP contribution >= 0.6 is 11.6 Å². The third-order valence-corrected chi connectivity index (χ3v) is 7.26. The van der Waals surface area contributed by atoms with Crippen LogP contribution in [0.5, 0.6) is 5.75 Å². The first-order valence-corrected chi connectivity index (χ1v) is 12.9. The van der Waals surface area contributed by atoms with E-state index in [1.165, 1.54) is 0 Å². The van der Waals surface area contributed by atoms with Gasteiger partial charge in [-0.15, -0.1) is 0 Å². The van der Waals surface area contributed by atoms with Crippen molar-refractivity contribution in [2.24, 2.45) is 0 Å². The first-order valence-electron chi connectivity index (χ1n) is 11.0. The first-order chi connectivity index (χ1) is 17.2. The van der Waals surface area contributed by atoms with Crippen molar-refractivity contribution in [3.63, 3.8) is 0 Å². The monoisotopic (exact) mass is 529 g/mol. The van der Waals surface area contributed by atoms with Crippen LogP contribution in [0, 0.1) is 0 Å². The lowest BCUT2D eigenvalue weighted by atomic mass is 10.1. The van der Waals surface area contributed by atoms with Crippen LogP contribution in [0.1, 0.15) is 16.7 Å². The Bertz CT molecular complexity index is 1320. The lowest BCUT2D eigenvalue weighted by molar-refractivity contribution is -0.140. The Morgan fingerprint density at radius 2 is 1.64 bits per heavy atom. The molecule has 0 aromatic heterocycles. The zero-order valence-electron chi connectivity index (χ0n) is 19.0. The Balaban J connectivity index is 1.43. The number of carbonyl (C=O) groups excluding carboxylic acids is 1. The number of aliphatic carboxylic acids is 1. The Labute approximate surface area is 213 Å². The zero-order valence-corrected chi connectivity index (χ0v) is 20.6. The SMILES string of the molecule is O=C(O)[C@H](Cc1ccc(OCc2ccccc2)cc1)N[C@H]1C(=O)NS(=O)(=O)N1Cc1ccc(Cl)cc1. The summed E-state index contributed by atoms with van der Waals surface area (Å²) in [5.74, 6) is -1.44. The molecule has 1 amide bonds. The van der Waals surface area contributed by atoms with E-state index in [4.69, 9.17) is 16.3 Å². The van der Waals surface area contributed by atoms with Gasteiger partial charge < -0.3 is 9.84 Å². The van der Waals surface area contributed by atoms with Crippen molar-refractivity contribution >= 4 is 33.7 Å². The smallest absolute Gasteiger partial charge is 0.321 e. The van der Waals surface area contributed by atoms with Gasteiger partial charge in [-0.3, -0.25) is 14.9 Å². The maximum absolute atomic E-state index is 12.5. The van der Waals surface area contributed by atoms with E-state index in [0.29, 0.717) is 28.5 Å². The van der Waals surface area contributed by atoms with Crippen LogP contribution in [0.4, 0.5) is 0 Å². The maximum Gasteiger partial charge on any atom is 0.321 e. The Kier molecular flexibility index (Phi) is 7.90. The van der Waals surface area contributed by atoms with Crippen LogP contribution in [0.15, 0.2) is 78.9 Å². The average Bonchev–Trinajstić information content (AvgIpc) is 3.07. The van der Waals surface area contributed by atoms with Crippen LogP contribution in [-0.4, -0.2) is 41.9 Å². The number of carboxylic acid groups (broad SMARTS) is 1. The molecule has 188 valence electrons. The molecule has 3 N–H and O–H groups in total. The van der Waals surface area contributed by atoms with Crippen LogP contribution in [0.3, 0.4) is 0 Å². The van der Waals surface area contributed by atoms with E-state index in [-0.39, 0.29) is 13.0 Å². The molecule has 0 unspecified atom stereocenters. The molecule has 36 heavy (non-hydrogen) atoms. The average molecular weight is 530 g/mol. The predicted octanol–water partition coefficient (Wildman–Crippen LogP) is 2.71. The molecule has 1 aliphatic rings. The van der Waals surface area contributed by atoms with E-state index in [9.17, 15) is 23.1 Å². The van der Waals surface area contributed by atoms with Crippen molar-refractivity contribution in [1.29, 1.82) is 0 Å². The molecular formula is C25H24ClN3O6S. The standard InChI is InChI=1S/C25H24ClN3O6S/c26-20-10-6-18(7-11-20)15-29-23(24(30)28-36(29,33)34)27-22(25(31)32)14-17-8-12-21(13-9-17)35-16-19-4-2-1-3-5-19/h1-13,22-23,27H,14-16H2,(H,28,30)(H,31,32)/t22-,23+/m0/s1. The van der Waals surface area contributed by atoms with Crippen molar-refractivity contribution in [2.75, 3.05) is 0 Å². The molecule has 0 saturated carbocycles. The molecule has 11 heteroatoms. The van der Waals surface area contributed by atoms with E-state index in [1.807, 2.05) is 35.1 Å². The summed E-state index contributed by atoms with van der Waals surface area (Å²) in [5.41, 5.74) is 2.28. The summed E-state index contributed by atoms with van der Waals surface area (Å²) in [6.45, 7) is 0.254. The summed E-state index contributed by atoms with van der Waals surface area (Å²) in [7, 11) is -4.14. The molecule has 1 aliphatic heterocycles. The highest BCUT2D eigenvalue weighted by atomic mass is 35.5. The topological polar surface area (TPSA) is 125 Å². The van der Waals surface area contributed by atoms with Crippen molar-refractivity contribution in [3.8, 4) is 5.75 Å². The molecule has 2 atom stereocenters. The summed E-state index contributed by atoms with van der Waals surface area (Å²) in [6, 6.07) is 21.8. The summed E-state index contributed by atoms with van der Waals surface area (Å²) < 4.78 is 33.6. The zero-order chi connectivity index (χ0) is 25.7. The number of amides is 1. The third-order valence-electron chi connectivity index (χ3n) is 5.59. The normalized spacial score (nSPS) is 17.9. The number of benzene rings is 3. The number of nitrogens with zero attached hydrogens (tertiary/aromatic N) is 1. The van der Waals surface area contributed by atoms with Crippen molar-refractivity contribution < 1.29 is 27.9 Å². The second kappa shape index (κ2) is 11.1. The molecule has 4 rings (SSSR count). The van der Waals surface area contributed by atoms with Gasteiger partial charge in [-0.2, -0.15) is 12.7 Å². The van der Waals surface area contributed by atoms with Gasteiger partial charge in [0.1, 0.15) is 18.4 Å². The van der Waals surface area contributed by atoms with Crippen LogP contribution in [-0.2, 0) is 39.4 Å². The molecule has 0 bridgehead atoms. The van der Waals surface area contributed by atoms with Gasteiger partial charge >= 0.3 is 16.2 Å². The maximum atomic E-state index is 12.5. The fourth-order valence-corrected chi connectivity index (χ4v) is 5.08. The van der Waals surface area contributed by atoms with E-state index in [0.717, 1.165) is 9.87 Å². The second-order valence-electron chi connectivity index (χ2n) is 8.23. The van der Waals surface area contributed by atoms with E-state index < -0.39 is 34.3 Å². The molecule has 1 heterocycles. The van der Waals surface area contributed by atoms with Gasteiger partial charge in [0.15, 0.2) is 6.17 Å². The van der Waals surface area contributed by atoms with Gasteiger partial charge in [-0.05, 0) is 47.4 Å². The van der Waals surface area contributed by atoms with Crippen molar-refractivity contribution in [2.45, 2.75) is 31.8 Å². The fraction of sp³-hybridized carbons (Fsp3) is 0.200. The highest BCUT2D eigenvalue weighted by Gasteiger charge is 2.45. The summed E-state index contributed by atoms with van der Waals surface area (Å²) >= 11 is 5.89. The van der Waals surface area contributed by atoms with Crippen molar-refractivity contribution in [1.82, 2.24) is 14.3 Å². The first kappa shape index (κ1) is 25.6. The molecule has 3 aromatic rings. The number of halogens is 1. The van der Waals surface area contributed by atoms with Crippen LogP contribution in [0.25, 0.3) is 0 Å². The number of rotatable bonds is 10. The second-order valence-corrected chi connectivity index (χ2v) is 10.3. The van der Waals surface area contributed by atoms with Crippen molar-refractivity contribution in [3.05, 3.63) is 101 Å². The Morgan fingerprint density at radius 1 is 1.00 bits per heavy atom. The molecule has 1 fully saturated rings. The van der Waals surface area contributed by atoms with E-state index >= 15 is 0 Å². The van der Waals surface area contributed by atoms with E-state index in [1.54, 1.807) is 48.5 Å². The lowest BCUT2D eigenvalue weighted by Gasteiger charge is -2.24. The van der Waals surface area contributed by atoms with Gasteiger partial charge in [0.2, 0.25) is 0 Å². The molecular weight excluding hydrogens is 506 g/mol.